The van der Waals surface area contributed by atoms with E-state index in [2.05, 4.69) is 126 Å². The van der Waals surface area contributed by atoms with Crippen molar-refractivity contribution in [2.45, 2.75) is 164 Å². The van der Waals surface area contributed by atoms with Crippen molar-refractivity contribution < 1.29 is 10.2 Å². The number of aromatic hydroxyl groups is 1. The standard InChI is InChI=1S/C50H66O2/c1-27(2)35-23-39(29(5)6)45(40(24-35)30(7)8)43-21-33-17-13-15-19-37(33)47(49(43)51)48-38-20-16-14-18-34(38)22-44(50(48)52)46-41(31(9)10)25-36(28(3)4)26-42(46)32(11)12/h17,21-32,37,51-52H,13-16,18-20H2,1-12H3. The number of hydrogen-bond donors (Lipinski definition) is 2. The molecule has 3 aromatic rings. The predicted octanol–water partition coefficient (Wildman–Crippen LogP) is 14.8. The molecule has 0 saturated carbocycles. The molecule has 0 aromatic heterocycles. The van der Waals surface area contributed by atoms with Crippen LogP contribution >= 0.6 is 0 Å². The van der Waals surface area contributed by atoms with Gasteiger partial charge in [0.05, 0.1) is 0 Å². The summed E-state index contributed by atoms with van der Waals surface area (Å²) in [6.45, 7) is 27.4. The van der Waals surface area contributed by atoms with Gasteiger partial charge in [0.2, 0.25) is 0 Å². The first-order valence-electron chi connectivity index (χ1n) is 20.7. The minimum absolute atomic E-state index is 0.0575. The van der Waals surface area contributed by atoms with E-state index in [4.69, 9.17) is 0 Å². The lowest BCUT2D eigenvalue weighted by atomic mass is 9.69. The number of phenolic OH excluding ortho intramolecular Hbond substituents is 1. The highest BCUT2D eigenvalue weighted by Gasteiger charge is 2.37. The summed E-state index contributed by atoms with van der Waals surface area (Å²) >= 11 is 0. The lowest BCUT2D eigenvalue weighted by Gasteiger charge is -2.36. The van der Waals surface area contributed by atoms with E-state index in [1.54, 1.807) is 0 Å². The van der Waals surface area contributed by atoms with Crippen LogP contribution in [0.4, 0.5) is 0 Å². The Hall–Kier alpha value is -3.52. The zero-order valence-electron chi connectivity index (χ0n) is 34.4. The molecule has 3 aliphatic carbocycles. The molecule has 0 radical (unpaired) electrons. The number of aliphatic hydroxyl groups is 1. The Morgan fingerprint density at radius 1 is 0.558 bits per heavy atom. The number of rotatable bonds is 9. The van der Waals surface area contributed by atoms with E-state index in [1.807, 2.05) is 0 Å². The predicted molar refractivity (Wildman–Crippen MR) is 224 cm³/mol. The van der Waals surface area contributed by atoms with Crippen LogP contribution in [0.3, 0.4) is 0 Å². The molecule has 278 valence electrons. The van der Waals surface area contributed by atoms with Crippen LogP contribution in [-0.4, -0.2) is 10.2 Å². The van der Waals surface area contributed by atoms with Gasteiger partial charge in [0, 0.05) is 28.2 Å². The Morgan fingerprint density at radius 2 is 1.06 bits per heavy atom. The van der Waals surface area contributed by atoms with Crippen molar-refractivity contribution in [2.24, 2.45) is 5.92 Å². The van der Waals surface area contributed by atoms with Gasteiger partial charge in [-0.2, -0.15) is 0 Å². The molecule has 1 atom stereocenters. The summed E-state index contributed by atoms with van der Waals surface area (Å²) in [5.74, 6) is 2.81. The maximum absolute atomic E-state index is 13.0. The molecule has 3 aliphatic rings. The van der Waals surface area contributed by atoms with Crippen LogP contribution < -0.4 is 0 Å². The van der Waals surface area contributed by atoms with Crippen LogP contribution in [0.15, 0.2) is 53.8 Å². The molecule has 0 saturated heterocycles. The molecular formula is C50H66O2. The molecular weight excluding hydrogens is 633 g/mol. The van der Waals surface area contributed by atoms with Gasteiger partial charge in [-0.25, -0.2) is 0 Å². The van der Waals surface area contributed by atoms with E-state index in [0.29, 0.717) is 47.0 Å². The number of aryl methyl sites for hydroxylation is 1. The molecule has 52 heavy (non-hydrogen) atoms. The van der Waals surface area contributed by atoms with E-state index in [1.165, 1.54) is 61.2 Å². The van der Waals surface area contributed by atoms with Crippen molar-refractivity contribution >= 4 is 11.1 Å². The third-order valence-electron chi connectivity index (χ3n) is 12.3. The van der Waals surface area contributed by atoms with Crippen molar-refractivity contribution in [3.05, 3.63) is 109 Å². The average Bonchev–Trinajstić information content (AvgIpc) is 3.10. The highest BCUT2D eigenvalue weighted by atomic mass is 16.3. The van der Waals surface area contributed by atoms with Gasteiger partial charge in [-0.05, 0) is 154 Å². The van der Waals surface area contributed by atoms with Crippen LogP contribution in [0, 0.1) is 5.92 Å². The Balaban J connectivity index is 1.72. The molecule has 3 aromatic carbocycles. The number of aliphatic hydroxyl groups excluding tert-OH is 1. The summed E-state index contributed by atoms with van der Waals surface area (Å²) in [6, 6.07) is 11.9. The maximum Gasteiger partial charge on any atom is 0.131 e. The van der Waals surface area contributed by atoms with Gasteiger partial charge in [0.1, 0.15) is 11.5 Å². The first-order valence-corrected chi connectivity index (χ1v) is 20.7. The van der Waals surface area contributed by atoms with Gasteiger partial charge in [-0.15, -0.1) is 0 Å². The van der Waals surface area contributed by atoms with Crippen molar-refractivity contribution in [3.8, 4) is 16.9 Å². The summed E-state index contributed by atoms with van der Waals surface area (Å²) in [5.41, 5.74) is 18.0. The lowest BCUT2D eigenvalue weighted by molar-refractivity contribution is 0.427. The number of hydrogen-bond acceptors (Lipinski definition) is 2. The molecule has 1 unspecified atom stereocenters. The molecule has 0 bridgehead atoms. The van der Waals surface area contributed by atoms with Gasteiger partial charge >= 0.3 is 0 Å². The normalized spacial score (nSPS) is 17.8. The molecule has 2 N–H and O–H groups in total. The second kappa shape index (κ2) is 15.1. The van der Waals surface area contributed by atoms with E-state index >= 15 is 0 Å². The molecule has 0 amide bonds. The Kier molecular flexibility index (Phi) is 11.1. The van der Waals surface area contributed by atoms with Crippen molar-refractivity contribution in [3.63, 3.8) is 0 Å². The fourth-order valence-electron chi connectivity index (χ4n) is 9.31. The van der Waals surface area contributed by atoms with Gasteiger partial charge in [-0.3, -0.25) is 0 Å². The average molecular weight is 699 g/mol. The number of benzene rings is 3. The SMILES string of the molecule is CC(C)c1cc(C(C)C)c(C2=CC3=CCCCC3C(c3c(O)c(-c4c(C(C)C)cc(C(C)C)cc4C(C)C)cc4c3CCCC4)=C2O)c(C(C)C)c1. The van der Waals surface area contributed by atoms with Gasteiger partial charge in [-0.1, -0.05) is 113 Å². The summed E-state index contributed by atoms with van der Waals surface area (Å²) in [6.07, 6.45) is 12.0. The summed E-state index contributed by atoms with van der Waals surface area (Å²) in [5, 5.41) is 26.0. The largest absolute Gasteiger partial charge is 0.507 e. The summed E-state index contributed by atoms with van der Waals surface area (Å²) in [4.78, 5) is 0. The lowest BCUT2D eigenvalue weighted by Crippen LogP contribution is -2.20. The maximum atomic E-state index is 13.0. The first kappa shape index (κ1) is 38.2. The van der Waals surface area contributed by atoms with E-state index in [0.717, 1.165) is 67.2 Å². The van der Waals surface area contributed by atoms with Gasteiger partial charge < -0.3 is 10.2 Å². The van der Waals surface area contributed by atoms with Gasteiger partial charge in [0.25, 0.3) is 0 Å². The van der Waals surface area contributed by atoms with Crippen LogP contribution in [0.25, 0.3) is 22.3 Å². The quantitative estimate of drug-likeness (QED) is 0.234. The van der Waals surface area contributed by atoms with Crippen LogP contribution in [0.1, 0.15) is 206 Å². The molecule has 0 heterocycles. The fraction of sp³-hybridized carbons (Fsp3) is 0.520. The fourth-order valence-corrected chi connectivity index (χ4v) is 9.31. The highest BCUT2D eigenvalue weighted by molar-refractivity contribution is 5.98. The highest BCUT2D eigenvalue weighted by Crippen LogP contribution is 2.54. The Labute approximate surface area is 316 Å². The smallest absolute Gasteiger partial charge is 0.131 e. The first-order chi connectivity index (χ1) is 24.6. The number of allylic oxidation sites excluding steroid dienone is 5. The van der Waals surface area contributed by atoms with Crippen LogP contribution in [-0.2, 0) is 12.8 Å². The number of fused-ring (bicyclic) bond motifs is 2. The molecule has 0 fully saturated rings. The third kappa shape index (κ3) is 6.85. The zero-order valence-corrected chi connectivity index (χ0v) is 34.4. The Morgan fingerprint density at radius 3 is 1.56 bits per heavy atom. The van der Waals surface area contributed by atoms with E-state index < -0.39 is 0 Å². The monoisotopic (exact) mass is 699 g/mol. The minimum Gasteiger partial charge on any atom is -0.507 e. The van der Waals surface area contributed by atoms with E-state index in [9.17, 15) is 10.2 Å². The topological polar surface area (TPSA) is 40.5 Å². The van der Waals surface area contributed by atoms with Crippen molar-refractivity contribution in [2.75, 3.05) is 0 Å². The van der Waals surface area contributed by atoms with Crippen LogP contribution in [0.2, 0.25) is 0 Å². The molecule has 0 aliphatic heterocycles. The van der Waals surface area contributed by atoms with Gasteiger partial charge in [0.15, 0.2) is 0 Å². The minimum atomic E-state index is 0.0575. The second-order valence-corrected chi connectivity index (χ2v) is 18.1. The summed E-state index contributed by atoms with van der Waals surface area (Å²) in [7, 11) is 0. The third-order valence-corrected chi connectivity index (χ3v) is 12.3. The second-order valence-electron chi connectivity index (χ2n) is 18.1. The zero-order chi connectivity index (χ0) is 37.8. The molecule has 2 heteroatoms. The van der Waals surface area contributed by atoms with Crippen LogP contribution in [0.5, 0.6) is 5.75 Å². The van der Waals surface area contributed by atoms with Crippen molar-refractivity contribution in [1.29, 1.82) is 0 Å². The van der Waals surface area contributed by atoms with Crippen molar-refractivity contribution in [1.82, 2.24) is 0 Å². The van der Waals surface area contributed by atoms with E-state index in [-0.39, 0.29) is 5.92 Å². The molecule has 6 rings (SSSR count). The Bertz CT molecular complexity index is 1880. The molecule has 0 spiro atoms. The number of phenols is 1. The summed E-state index contributed by atoms with van der Waals surface area (Å²) < 4.78 is 0. The molecule has 2 nitrogen and oxygen atoms in total.